The summed E-state index contributed by atoms with van der Waals surface area (Å²) in [6, 6.07) is 1.87. The van der Waals surface area contributed by atoms with E-state index < -0.39 is 0 Å². The summed E-state index contributed by atoms with van der Waals surface area (Å²) in [4.78, 5) is 9.01. The van der Waals surface area contributed by atoms with Gasteiger partial charge in [-0.2, -0.15) is 5.10 Å². The molecule has 1 N–H and O–H groups in total. The molecule has 0 atom stereocenters. The van der Waals surface area contributed by atoms with Gasteiger partial charge in [0.1, 0.15) is 11.6 Å². The molecule has 2 rings (SSSR count). The Morgan fingerprint density at radius 2 is 2.11 bits per heavy atom. The number of hydrogen-bond acceptors (Lipinski definition) is 4. The minimum atomic E-state index is 0.254. The molecule has 0 saturated heterocycles. The Morgan fingerprint density at radius 3 is 2.63 bits per heavy atom. The van der Waals surface area contributed by atoms with Crippen LogP contribution in [0.2, 0.25) is 5.02 Å². The normalized spacial score (nSPS) is 11.1. The summed E-state index contributed by atoms with van der Waals surface area (Å²) in [5.74, 6) is 2.58. The summed E-state index contributed by atoms with van der Waals surface area (Å²) in [6.45, 7) is 8.85. The van der Waals surface area contributed by atoms with Crippen LogP contribution < -0.4 is 5.32 Å². The van der Waals surface area contributed by atoms with Crippen molar-refractivity contribution in [3.63, 3.8) is 0 Å². The second kappa shape index (κ2) is 5.57. The molecule has 2 aromatic rings. The zero-order valence-corrected chi connectivity index (χ0v) is 12.4. The molecular formula is C13H18ClN5. The van der Waals surface area contributed by atoms with Crippen LogP contribution in [-0.2, 0) is 0 Å². The van der Waals surface area contributed by atoms with Crippen molar-refractivity contribution >= 4 is 17.4 Å². The van der Waals surface area contributed by atoms with Gasteiger partial charge in [0, 0.05) is 18.5 Å². The monoisotopic (exact) mass is 279 g/mol. The van der Waals surface area contributed by atoms with Crippen LogP contribution >= 0.6 is 11.6 Å². The molecule has 6 heteroatoms. The molecule has 0 radical (unpaired) electrons. The van der Waals surface area contributed by atoms with Gasteiger partial charge in [0.05, 0.1) is 16.9 Å². The van der Waals surface area contributed by atoms with Crippen LogP contribution in [0.3, 0.4) is 0 Å². The molecule has 0 unspecified atom stereocenters. The summed E-state index contributed by atoms with van der Waals surface area (Å²) >= 11 is 6.04. The molecule has 102 valence electrons. The second-order valence-corrected chi connectivity index (χ2v) is 5.07. The molecule has 0 amide bonds. The number of aryl methyl sites for hydroxylation is 1. The molecule has 5 nitrogen and oxygen atoms in total. The maximum atomic E-state index is 6.04. The van der Waals surface area contributed by atoms with E-state index >= 15 is 0 Å². The third kappa shape index (κ3) is 3.04. The van der Waals surface area contributed by atoms with Gasteiger partial charge in [-0.3, -0.25) is 0 Å². The number of halogens is 1. The second-order valence-electron chi connectivity index (χ2n) is 4.66. The van der Waals surface area contributed by atoms with Gasteiger partial charge in [-0.05, 0) is 13.8 Å². The van der Waals surface area contributed by atoms with Crippen LogP contribution in [-0.4, -0.2) is 26.3 Å². The van der Waals surface area contributed by atoms with Gasteiger partial charge in [-0.25, -0.2) is 14.6 Å². The van der Waals surface area contributed by atoms with E-state index in [1.165, 1.54) is 0 Å². The van der Waals surface area contributed by atoms with Crippen molar-refractivity contribution in [2.75, 3.05) is 11.9 Å². The first-order valence-corrected chi connectivity index (χ1v) is 6.74. The molecule has 0 bridgehead atoms. The SMILES string of the molecule is CCNc1cc(-n2cc(Cl)c(C)n2)nc(C(C)C)n1. The fourth-order valence-electron chi connectivity index (χ4n) is 1.66. The summed E-state index contributed by atoms with van der Waals surface area (Å²) in [5.41, 5.74) is 0.788. The van der Waals surface area contributed by atoms with E-state index in [1.807, 2.05) is 19.9 Å². The van der Waals surface area contributed by atoms with Gasteiger partial charge < -0.3 is 5.32 Å². The van der Waals surface area contributed by atoms with Crippen LogP contribution in [0.5, 0.6) is 0 Å². The van der Waals surface area contributed by atoms with Gasteiger partial charge in [-0.1, -0.05) is 25.4 Å². The molecule has 0 aliphatic carbocycles. The van der Waals surface area contributed by atoms with E-state index in [2.05, 4.69) is 34.2 Å². The summed E-state index contributed by atoms with van der Waals surface area (Å²) in [7, 11) is 0. The van der Waals surface area contributed by atoms with E-state index in [4.69, 9.17) is 11.6 Å². The lowest BCUT2D eigenvalue weighted by Crippen LogP contribution is -2.09. The molecule has 0 aliphatic rings. The topological polar surface area (TPSA) is 55.6 Å². The van der Waals surface area contributed by atoms with Crippen molar-refractivity contribution < 1.29 is 0 Å². The van der Waals surface area contributed by atoms with Crippen LogP contribution in [0, 0.1) is 6.92 Å². The zero-order chi connectivity index (χ0) is 14.0. The minimum absolute atomic E-state index is 0.254. The van der Waals surface area contributed by atoms with Gasteiger partial charge in [0.25, 0.3) is 0 Å². The lowest BCUT2D eigenvalue weighted by atomic mass is 10.2. The Hall–Kier alpha value is -1.62. The Labute approximate surface area is 118 Å². The maximum Gasteiger partial charge on any atom is 0.159 e. The average Bonchev–Trinajstić information content (AvgIpc) is 2.70. The first kappa shape index (κ1) is 13.8. The van der Waals surface area contributed by atoms with Gasteiger partial charge in [0.15, 0.2) is 5.82 Å². The van der Waals surface area contributed by atoms with Gasteiger partial charge in [-0.15, -0.1) is 0 Å². The molecule has 0 fully saturated rings. The Bertz CT molecular complexity index is 557. The highest BCUT2D eigenvalue weighted by Crippen LogP contribution is 2.19. The smallest absolute Gasteiger partial charge is 0.159 e. The van der Waals surface area contributed by atoms with Crippen molar-refractivity contribution in [3.8, 4) is 5.82 Å². The fraction of sp³-hybridized carbons (Fsp3) is 0.462. The predicted octanol–water partition coefficient (Wildman–Crippen LogP) is 3.18. The van der Waals surface area contributed by atoms with Crippen molar-refractivity contribution in [2.45, 2.75) is 33.6 Å². The number of nitrogens with one attached hydrogen (secondary N) is 1. The molecule has 2 heterocycles. The first-order valence-electron chi connectivity index (χ1n) is 6.36. The van der Waals surface area contributed by atoms with Crippen LogP contribution in [0.1, 0.15) is 38.2 Å². The van der Waals surface area contributed by atoms with E-state index in [-0.39, 0.29) is 5.92 Å². The lowest BCUT2D eigenvalue weighted by molar-refractivity contribution is 0.744. The predicted molar refractivity (Wildman–Crippen MR) is 77.2 cm³/mol. The van der Waals surface area contributed by atoms with E-state index in [0.717, 1.165) is 29.7 Å². The highest BCUT2D eigenvalue weighted by Gasteiger charge is 2.11. The summed E-state index contributed by atoms with van der Waals surface area (Å²) < 4.78 is 1.69. The molecule has 0 aromatic carbocycles. The fourth-order valence-corrected chi connectivity index (χ4v) is 1.79. The van der Waals surface area contributed by atoms with Crippen molar-refractivity contribution in [2.24, 2.45) is 0 Å². The number of aromatic nitrogens is 4. The Kier molecular flexibility index (Phi) is 4.04. The Morgan fingerprint density at radius 1 is 1.37 bits per heavy atom. The van der Waals surface area contributed by atoms with Crippen LogP contribution in [0.4, 0.5) is 5.82 Å². The third-order valence-corrected chi connectivity index (χ3v) is 3.05. The molecule has 0 aliphatic heterocycles. The molecule has 0 spiro atoms. The average molecular weight is 280 g/mol. The molecule has 19 heavy (non-hydrogen) atoms. The van der Waals surface area contributed by atoms with Gasteiger partial charge in [0.2, 0.25) is 0 Å². The minimum Gasteiger partial charge on any atom is -0.370 e. The molecule has 0 saturated carbocycles. The highest BCUT2D eigenvalue weighted by molar-refractivity contribution is 6.31. The number of hydrogen-bond donors (Lipinski definition) is 1. The van der Waals surface area contributed by atoms with Crippen molar-refractivity contribution in [1.82, 2.24) is 19.7 Å². The largest absolute Gasteiger partial charge is 0.370 e. The number of nitrogens with zero attached hydrogens (tertiary/aromatic N) is 4. The standard InChI is InChI=1S/C13H18ClN5/c1-5-15-11-6-12(17-13(16-11)8(2)3)19-7-10(14)9(4)18-19/h6-8H,5H2,1-4H3,(H,15,16,17). The summed E-state index contributed by atoms with van der Waals surface area (Å²) in [5, 5.41) is 8.19. The van der Waals surface area contributed by atoms with Crippen molar-refractivity contribution in [3.05, 3.63) is 28.8 Å². The van der Waals surface area contributed by atoms with E-state index in [9.17, 15) is 0 Å². The summed E-state index contributed by atoms with van der Waals surface area (Å²) in [6.07, 6.45) is 1.76. The third-order valence-electron chi connectivity index (χ3n) is 2.68. The molecular weight excluding hydrogens is 262 g/mol. The molecule has 2 aromatic heterocycles. The van der Waals surface area contributed by atoms with E-state index in [1.54, 1.807) is 10.9 Å². The Balaban J connectivity index is 2.49. The first-order chi connectivity index (χ1) is 9.01. The van der Waals surface area contributed by atoms with Crippen LogP contribution in [0.15, 0.2) is 12.3 Å². The quantitative estimate of drug-likeness (QED) is 0.934. The number of anilines is 1. The maximum absolute atomic E-state index is 6.04. The lowest BCUT2D eigenvalue weighted by Gasteiger charge is -2.10. The van der Waals surface area contributed by atoms with Crippen molar-refractivity contribution in [1.29, 1.82) is 0 Å². The highest BCUT2D eigenvalue weighted by atomic mass is 35.5. The van der Waals surface area contributed by atoms with Crippen LogP contribution in [0.25, 0.3) is 5.82 Å². The van der Waals surface area contributed by atoms with E-state index in [0.29, 0.717) is 5.02 Å². The van der Waals surface area contributed by atoms with Gasteiger partial charge >= 0.3 is 0 Å². The zero-order valence-electron chi connectivity index (χ0n) is 11.6. The number of rotatable bonds is 4.